The van der Waals surface area contributed by atoms with E-state index in [0.29, 0.717) is 0 Å². The molecule has 0 aromatic heterocycles. The van der Waals surface area contributed by atoms with Gasteiger partial charge in [-0.2, -0.15) is 0 Å². The summed E-state index contributed by atoms with van der Waals surface area (Å²) in [6.45, 7) is 7.11. The molecule has 108 valence electrons. The Balaban J connectivity index is 4.41. The molecule has 19 heavy (non-hydrogen) atoms. The second kappa shape index (κ2) is 10.1. The number of hydrogen-bond acceptors (Lipinski definition) is 6. The molecule has 0 N–H and O–H groups in total. The predicted octanol–water partition coefficient (Wildman–Crippen LogP) is 1.24. The van der Waals surface area contributed by atoms with Crippen molar-refractivity contribution in [3.63, 3.8) is 0 Å². The maximum Gasteiger partial charge on any atom is 0.320 e. The first-order chi connectivity index (χ1) is 9.06. The van der Waals surface area contributed by atoms with Crippen molar-refractivity contribution >= 4 is 17.9 Å². The molecule has 0 rings (SSSR count). The first-order valence-electron chi connectivity index (χ1n) is 6.16. The van der Waals surface area contributed by atoms with Gasteiger partial charge in [-0.3, -0.25) is 14.4 Å². The lowest BCUT2D eigenvalue weighted by Gasteiger charge is -2.13. The summed E-state index contributed by atoms with van der Waals surface area (Å²) in [5.74, 6) is -2.95. The highest BCUT2D eigenvalue weighted by Gasteiger charge is 2.30. The zero-order chi connectivity index (χ0) is 14.7. The summed E-state index contributed by atoms with van der Waals surface area (Å²) in [5.41, 5.74) is 0. The molecule has 0 heterocycles. The highest BCUT2D eigenvalue weighted by atomic mass is 16.6. The molecule has 0 fully saturated rings. The molecule has 0 radical (unpaired) electrons. The van der Waals surface area contributed by atoms with E-state index in [4.69, 9.17) is 14.2 Å². The van der Waals surface area contributed by atoms with Crippen molar-refractivity contribution in [3.05, 3.63) is 12.7 Å². The minimum absolute atomic E-state index is 0.00758. The molecule has 0 saturated heterocycles. The van der Waals surface area contributed by atoms with Crippen LogP contribution in [0.5, 0.6) is 0 Å². The van der Waals surface area contributed by atoms with E-state index in [1.54, 1.807) is 13.8 Å². The minimum Gasteiger partial charge on any atom is -0.465 e. The zero-order valence-corrected chi connectivity index (χ0v) is 11.3. The van der Waals surface area contributed by atoms with Crippen molar-refractivity contribution in [2.24, 2.45) is 5.92 Å². The van der Waals surface area contributed by atoms with E-state index >= 15 is 0 Å². The average molecular weight is 272 g/mol. The monoisotopic (exact) mass is 272 g/mol. The summed E-state index contributed by atoms with van der Waals surface area (Å²) in [5, 5.41) is 0. The Morgan fingerprint density at radius 1 is 1.05 bits per heavy atom. The quantitative estimate of drug-likeness (QED) is 0.272. The largest absolute Gasteiger partial charge is 0.465 e. The topological polar surface area (TPSA) is 78.9 Å². The summed E-state index contributed by atoms with van der Waals surface area (Å²) in [7, 11) is 0. The Morgan fingerprint density at radius 3 is 2.00 bits per heavy atom. The first kappa shape index (κ1) is 17.2. The second-order valence-corrected chi connectivity index (χ2v) is 3.57. The fourth-order valence-electron chi connectivity index (χ4n) is 1.30. The molecule has 0 aliphatic carbocycles. The lowest BCUT2D eigenvalue weighted by Crippen LogP contribution is -2.29. The molecule has 6 heteroatoms. The Hall–Kier alpha value is -1.85. The van der Waals surface area contributed by atoms with Crippen molar-refractivity contribution in [1.82, 2.24) is 0 Å². The predicted molar refractivity (Wildman–Crippen MR) is 67.1 cm³/mol. The average Bonchev–Trinajstić information content (AvgIpc) is 2.37. The van der Waals surface area contributed by atoms with Crippen molar-refractivity contribution in [1.29, 1.82) is 0 Å². The van der Waals surface area contributed by atoms with Gasteiger partial charge in [0.05, 0.1) is 13.2 Å². The number of carbonyl (C=O) groups excluding carboxylic acids is 3. The smallest absolute Gasteiger partial charge is 0.320 e. The number of hydrogen-bond donors (Lipinski definition) is 0. The van der Waals surface area contributed by atoms with Crippen LogP contribution in [0.1, 0.15) is 26.7 Å². The maximum atomic E-state index is 11.6. The van der Waals surface area contributed by atoms with E-state index in [-0.39, 0.29) is 32.7 Å². The number of ether oxygens (including phenoxy) is 3. The summed E-state index contributed by atoms with van der Waals surface area (Å²) in [6.07, 6.45) is 1.38. The van der Waals surface area contributed by atoms with Crippen LogP contribution in [0.15, 0.2) is 12.7 Å². The van der Waals surface area contributed by atoms with Crippen LogP contribution in [0.2, 0.25) is 0 Å². The molecule has 0 unspecified atom stereocenters. The van der Waals surface area contributed by atoms with Crippen LogP contribution in [-0.2, 0) is 28.6 Å². The van der Waals surface area contributed by atoms with Gasteiger partial charge in [0.25, 0.3) is 0 Å². The van der Waals surface area contributed by atoms with Gasteiger partial charge in [-0.05, 0) is 20.3 Å². The van der Waals surface area contributed by atoms with E-state index < -0.39 is 23.8 Å². The molecule has 0 saturated carbocycles. The van der Waals surface area contributed by atoms with E-state index in [9.17, 15) is 14.4 Å². The summed E-state index contributed by atoms with van der Waals surface area (Å²) >= 11 is 0. The van der Waals surface area contributed by atoms with Gasteiger partial charge in [-0.15, -0.1) is 0 Å². The fourth-order valence-corrected chi connectivity index (χ4v) is 1.30. The number of rotatable bonds is 9. The molecule has 0 aliphatic rings. The van der Waals surface area contributed by atoms with Crippen LogP contribution in [0, 0.1) is 5.92 Å². The third kappa shape index (κ3) is 7.23. The molecular weight excluding hydrogens is 252 g/mol. The number of esters is 3. The van der Waals surface area contributed by atoms with Crippen molar-refractivity contribution in [2.75, 3.05) is 19.8 Å². The molecular formula is C13H20O6. The van der Waals surface area contributed by atoms with Gasteiger partial charge < -0.3 is 14.2 Å². The second-order valence-electron chi connectivity index (χ2n) is 3.57. The van der Waals surface area contributed by atoms with Crippen LogP contribution in [0.3, 0.4) is 0 Å². The van der Waals surface area contributed by atoms with Gasteiger partial charge in [-0.1, -0.05) is 12.7 Å². The molecule has 0 bridgehead atoms. The molecule has 0 atom stereocenters. The number of carbonyl (C=O) groups is 3. The molecule has 0 aliphatic heterocycles. The van der Waals surface area contributed by atoms with Crippen LogP contribution in [-0.4, -0.2) is 37.7 Å². The summed E-state index contributed by atoms with van der Waals surface area (Å²) in [6, 6.07) is 0. The zero-order valence-electron chi connectivity index (χ0n) is 11.3. The van der Waals surface area contributed by atoms with Crippen LogP contribution in [0.25, 0.3) is 0 Å². The van der Waals surface area contributed by atoms with E-state index in [1.807, 2.05) is 0 Å². The Kier molecular flexibility index (Phi) is 9.12. The van der Waals surface area contributed by atoms with Gasteiger partial charge >= 0.3 is 17.9 Å². The fraction of sp³-hybridized carbons (Fsp3) is 0.615. The van der Waals surface area contributed by atoms with E-state index in [2.05, 4.69) is 6.58 Å². The van der Waals surface area contributed by atoms with Crippen molar-refractivity contribution < 1.29 is 28.6 Å². The Labute approximate surface area is 112 Å². The maximum absolute atomic E-state index is 11.6. The Bertz CT molecular complexity index is 305. The van der Waals surface area contributed by atoms with Crippen molar-refractivity contribution in [2.45, 2.75) is 26.7 Å². The Morgan fingerprint density at radius 2 is 1.58 bits per heavy atom. The first-order valence-corrected chi connectivity index (χ1v) is 6.16. The SMILES string of the molecule is C=CCOC(=O)CCC(C(=O)OCC)C(=O)OCC. The van der Waals surface area contributed by atoms with Gasteiger partial charge in [0.1, 0.15) is 6.61 Å². The lowest BCUT2D eigenvalue weighted by atomic mass is 10.0. The van der Waals surface area contributed by atoms with E-state index in [1.165, 1.54) is 6.08 Å². The molecule has 6 nitrogen and oxygen atoms in total. The minimum atomic E-state index is -1.09. The van der Waals surface area contributed by atoms with E-state index in [0.717, 1.165) is 0 Å². The van der Waals surface area contributed by atoms with Crippen LogP contribution >= 0.6 is 0 Å². The highest BCUT2D eigenvalue weighted by Crippen LogP contribution is 2.12. The lowest BCUT2D eigenvalue weighted by molar-refractivity contribution is -0.162. The molecule has 0 amide bonds. The normalized spacial score (nSPS) is 9.84. The molecule has 0 aromatic rings. The van der Waals surface area contributed by atoms with Gasteiger partial charge in [0.15, 0.2) is 5.92 Å². The van der Waals surface area contributed by atoms with Gasteiger partial charge in [-0.25, -0.2) is 0 Å². The van der Waals surface area contributed by atoms with Gasteiger partial charge in [0, 0.05) is 6.42 Å². The molecule has 0 aromatic carbocycles. The highest BCUT2D eigenvalue weighted by molar-refractivity contribution is 5.95. The van der Waals surface area contributed by atoms with Crippen LogP contribution in [0.4, 0.5) is 0 Å². The third-order valence-electron chi connectivity index (χ3n) is 2.14. The van der Waals surface area contributed by atoms with Crippen molar-refractivity contribution in [3.8, 4) is 0 Å². The molecule has 0 spiro atoms. The summed E-state index contributed by atoms with van der Waals surface area (Å²) < 4.78 is 14.3. The third-order valence-corrected chi connectivity index (χ3v) is 2.14. The van der Waals surface area contributed by atoms with Crippen LogP contribution < -0.4 is 0 Å². The summed E-state index contributed by atoms with van der Waals surface area (Å²) in [4.78, 5) is 34.5. The van der Waals surface area contributed by atoms with Gasteiger partial charge in [0.2, 0.25) is 0 Å². The standard InChI is InChI=1S/C13H20O6/c1-4-9-19-11(14)8-7-10(12(15)17-5-2)13(16)18-6-3/h4,10H,1,5-9H2,2-3H3.